The standard InChI is InChI=1S/C16H17BrOS/c17-16-14(8-11-4-2-1-3-5-11)13-7-6-12(10-18)9-15(13)19-16/h1-5,12,18H,6-10H2. The average Bonchev–Trinajstić information content (AvgIpc) is 2.75. The number of hydrogen-bond acceptors (Lipinski definition) is 2. The van der Waals surface area contributed by atoms with Crippen LogP contribution in [-0.2, 0) is 19.3 Å². The van der Waals surface area contributed by atoms with E-state index in [2.05, 4.69) is 46.3 Å². The first-order valence-electron chi connectivity index (χ1n) is 6.71. The van der Waals surface area contributed by atoms with Gasteiger partial charge in [-0.2, -0.15) is 0 Å². The average molecular weight is 337 g/mol. The monoisotopic (exact) mass is 336 g/mol. The van der Waals surface area contributed by atoms with Crippen LogP contribution in [0.4, 0.5) is 0 Å². The lowest BCUT2D eigenvalue weighted by Gasteiger charge is -2.20. The van der Waals surface area contributed by atoms with Gasteiger partial charge < -0.3 is 5.11 Å². The van der Waals surface area contributed by atoms with Crippen molar-refractivity contribution < 1.29 is 5.11 Å². The molecule has 1 aliphatic carbocycles. The van der Waals surface area contributed by atoms with E-state index in [-0.39, 0.29) is 0 Å². The summed E-state index contributed by atoms with van der Waals surface area (Å²) in [5.41, 5.74) is 4.36. The van der Waals surface area contributed by atoms with Crippen LogP contribution in [0.2, 0.25) is 0 Å². The number of aliphatic hydroxyl groups excluding tert-OH is 1. The predicted molar refractivity (Wildman–Crippen MR) is 83.9 cm³/mol. The number of fused-ring (bicyclic) bond motifs is 1. The van der Waals surface area contributed by atoms with E-state index in [4.69, 9.17) is 0 Å². The van der Waals surface area contributed by atoms with E-state index < -0.39 is 0 Å². The fourth-order valence-corrected chi connectivity index (χ4v) is 4.99. The molecule has 0 aliphatic heterocycles. The molecular formula is C16H17BrOS. The van der Waals surface area contributed by atoms with Crippen molar-refractivity contribution >= 4 is 27.3 Å². The second-order valence-corrected chi connectivity index (χ2v) is 7.63. The Morgan fingerprint density at radius 3 is 2.79 bits per heavy atom. The van der Waals surface area contributed by atoms with Crippen LogP contribution < -0.4 is 0 Å². The Morgan fingerprint density at radius 1 is 1.26 bits per heavy atom. The van der Waals surface area contributed by atoms with Gasteiger partial charge in [0.25, 0.3) is 0 Å². The van der Waals surface area contributed by atoms with Crippen molar-refractivity contribution in [2.24, 2.45) is 5.92 Å². The first-order chi connectivity index (χ1) is 9.28. The number of aliphatic hydroxyl groups is 1. The minimum absolute atomic E-state index is 0.322. The zero-order valence-electron chi connectivity index (χ0n) is 10.7. The third-order valence-electron chi connectivity index (χ3n) is 3.91. The van der Waals surface area contributed by atoms with Crippen molar-refractivity contribution in [3.05, 3.63) is 55.7 Å². The summed E-state index contributed by atoms with van der Waals surface area (Å²) in [6.07, 6.45) is 4.29. The molecule has 3 heteroatoms. The Bertz CT molecular complexity index is 562. The second kappa shape index (κ2) is 5.78. The quantitative estimate of drug-likeness (QED) is 0.890. The molecule has 0 spiro atoms. The number of hydrogen-bond donors (Lipinski definition) is 1. The van der Waals surface area contributed by atoms with E-state index in [0.29, 0.717) is 12.5 Å². The summed E-state index contributed by atoms with van der Waals surface area (Å²) in [6, 6.07) is 10.6. The molecule has 1 aromatic carbocycles. The molecule has 0 radical (unpaired) electrons. The van der Waals surface area contributed by atoms with Gasteiger partial charge in [-0.3, -0.25) is 0 Å². The molecule has 100 valence electrons. The molecule has 0 bridgehead atoms. The van der Waals surface area contributed by atoms with Crippen LogP contribution in [0.15, 0.2) is 34.1 Å². The van der Waals surface area contributed by atoms with Gasteiger partial charge in [-0.05, 0) is 64.2 Å². The molecule has 0 fully saturated rings. The van der Waals surface area contributed by atoms with E-state index >= 15 is 0 Å². The fraction of sp³-hybridized carbons (Fsp3) is 0.375. The van der Waals surface area contributed by atoms with E-state index in [1.165, 1.54) is 25.4 Å². The van der Waals surface area contributed by atoms with Crippen molar-refractivity contribution in [1.82, 2.24) is 0 Å². The van der Waals surface area contributed by atoms with E-state index in [0.717, 1.165) is 25.7 Å². The van der Waals surface area contributed by atoms with Crippen molar-refractivity contribution in [3.63, 3.8) is 0 Å². The summed E-state index contributed by atoms with van der Waals surface area (Å²) in [5.74, 6) is 0.461. The van der Waals surface area contributed by atoms with Crippen LogP contribution in [-0.4, -0.2) is 11.7 Å². The molecule has 2 aromatic rings. The highest BCUT2D eigenvalue weighted by atomic mass is 79.9. The molecule has 0 saturated heterocycles. The molecule has 3 rings (SSSR count). The topological polar surface area (TPSA) is 20.2 Å². The van der Waals surface area contributed by atoms with Crippen LogP contribution in [0, 0.1) is 5.92 Å². The van der Waals surface area contributed by atoms with Gasteiger partial charge >= 0.3 is 0 Å². The second-order valence-electron chi connectivity index (χ2n) is 5.21. The maximum absolute atomic E-state index is 9.32. The Balaban J connectivity index is 1.89. The lowest BCUT2D eigenvalue weighted by molar-refractivity contribution is 0.214. The van der Waals surface area contributed by atoms with Crippen LogP contribution >= 0.6 is 27.3 Å². The molecule has 0 saturated carbocycles. The summed E-state index contributed by atoms with van der Waals surface area (Å²) in [7, 11) is 0. The van der Waals surface area contributed by atoms with Crippen LogP contribution in [0.25, 0.3) is 0 Å². The Labute approximate surface area is 126 Å². The van der Waals surface area contributed by atoms with Gasteiger partial charge in [0, 0.05) is 11.5 Å². The van der Waals surface area contributed by atoms with Gasteiger partial charge in [-0.15, -0.1) is 11.3 Å². The van der Waals surface area contributed by atoms with Gasteiger partial charge in [0.15, 0.2) is 0 Å². The number of benzene rings is 1. The zero-order valence-corrected chi connectivity index (χ0v) is 13.1. The van der Waals surface area contributed by atoms with Gasteiger partial charge in [0.1, 0.15) is 0 Å². The number of rotatable bonds is 3. The summed E-state index contributed by atoms with van der Waals surface area (Å²) in [5, 5.41) is 9.32. The van der Waals surface area contributed by atoms with Gasteiger partial charge in [-0.25, -0.2) is 0 Å². The molecule has 1 nitrogen and oxygen atoms in total. The first-order valence-corrected chi connectivity index (χ1v) is 8.32. The van der Waals surface area contributed by atoms with Crippen LogP contribution in [0.1, 0.15) is 28.0 Å². The SMILES string of the molecule is OCC1CCc2c(sc(Br)c2Cc2ccccc2)C1. The minimum atomic E-state index is 0.322. The molecule has 1 atom stereocenters. The molecule has 1 heterocycles. The highest BCUT2D eigenvalue weighted by Crippen LogP contribution is 2.40. The molecular weight excluding hydrogens is 320 g/mol. The first kappa shape index (κ1) is 13.3. The van der Waals surface area contributed by atoms with E-state index in [9.17, 15) is 5.11 Å². The van der Waals surface area contributed by atoms with E-state index in [1.807, 2.05) is 11.3 Å². The summed E-state index contributed by atoms with van der Waals surface area (Å²) >= 11 is 5.59. The number of halogens is 1. The summed E-state index contributed by atoms with van der Waals surface area (Å²) < 4.78 is 1.28. The van der Waals surface area contributed by atoms with Crippen molar-refractivity contribution in [2.45, 2.75) is 25.7 Å². The highest BCUT2D eigenvalue weighted by molar-refractivity contribution is 9.11. The van der Waals surface area contributed by atoms with Gasteiger partial charge in [0.2, 0.25) is 0 Å². The lowest BCUT2D eigenvalue weighted by atomic mass is 9.86. The molecule has 0 amide bonds. The van der Waals surface area contributed by atoms with Crippen molar-refractivity contribution in [3.8, 4) is 0 Å². The molecule has 1 aromatic heterocycles. The highest BCUT2D eigenvalue weighted by Gasteiger charge is 2.24. The van der Waals surface area contributed by atoms with Crippen molar-refractivity contribution in [2.75, 3.05) is 6.61 Å². The Morgan fingerprint density at radius 2 is 2.05 bits per heavy atom. The molecule has 19 heavy (non-hydrogen) atoms. The minimum Gasteiger partial charge on any atom is -0.396 e. The predicted octanol–water partition coefficient (Wildman–Crippen LogP) is 4.20. The Kier molecular flexibility index (Phi) is 4.06. The third kappa shape index (κ3) is 2.78. The molecule has 1 unspecified atom stereocenters. The lowest BCUT2D eigenvalue weighted by Crippen LogP contribution is -2.16. The zero-order chi connectivity index (χ0) is 13.2. The summed E-state index contributed by atoms with van der Waals surface area (Å²) in [6.45, 7) is 0.322. The summed E-state index contributed by atoms with van der Waals surface area (Å²) in [4.78, 5) is 1.48. The molecule has 1 N–H and O–H groups in total. The fourth-order valence-electron chi connectivity index (χ4n) is 2.82. The maximum atomic E-state index is 9.32. The van der Waals surface area contributed by atoms with Crippen molar-refractivity contribution in [1.29, 1.82) is 0 Å². The largest absolute Gasteiger partial charge is 0.396 e. The normalized spacial score (nSPS) is 18.3. The maximum Gasteiger partial charge on any atom is 0.0739 e. The molecule has 1 aliphatic rings. The number of thiophene rings is 1. The smallest absolute Gasteiger partial charge is 0.0739 e. The van der Waals surface area contributed by atoms with E-state index in [1.54, 1.807) is 0 Å². The van der Waals surface area contributed by atoms with Gasteiger partial charge in [0.05, 0.1) is 3.79 Å². The van der Waals surface area contributed by atoms with Gasteiger partial charge in [-0.1, -0.05) is 30.3 Å². The van der Waals surface area contributed by atoms with Crippen LogP contribution in [0.3, 0.4) is 0 Å². The Hall–Kier alpha value is -0.640. The van der Waals surface area contributed by atoms with Crippen LogP contribution in [0.5, 0.6) is 0 Å². The third-order valence-corrected chi connectivity index (χ3v) is 5.96.